The van der Waals surface area contributed by atoms with Crippen molar-refractivity contribution in [2.24, 2.45) is 0 Å². The van der Waals surface area contributed by atoms with Crippen molar-refractivity contribution in [3.05, 3.63) is 18.3 Å². The van der Waals surface area contributed by atoms with Gasteiger partial charge in [0.1, 0.15) is 24.2 Å². The zero-order valence-electron chi connectivity index (χ0n) is 10.5. The van der Waals surface area contributed by atoms with Gasteiger partial charge in [0, 0.05) is 6.42 Å². The van der Waals surface area contributed by atoms with E-state index in [1.54, 1.807) is 0 Å². The van der Waals surface area contributed by atoms with E-state index in [1.807, 2.05) is 0 Å². The van der Waals surface area contributed by atoms with Gasteiger partial charge >= 0.3 is 6.18 Å². The summed E-state index contributed by atoms with van der Waals surface area (Å²) in [5, 5.41) is 18.7. The van der Waals surface area contributed by atoms with Gasteiger partial charge < -0.3 is 14.9 Å². The quantitative estimate of drug-likeness (QED) is 0.838. The zero-order chi connectivity index (χ0) is 15.2. The molecule has 1 fully saturated rings. The number of aliphatic hydroxyl groups excluding tert-OH is 2. The average Bonchev–Trinajstić information content (AvgIpc) is 3.00. The monoisotopic (exact) mass is 304 g/mol. The van der Waals surface area contributed by atoms with Crippen molar-refractivity contribution < 1.29 is 28.1 Å². The Labute approximate surface area is 116 Å². The van der Waals surface area contributed by atoms with E-state index in [-0.39, 0.29) is 24.2 Å². The van der Waals surface area contributed by atoms with Crippen molar-refractivity contribution in [2.45, 2.75) is 31.0 Å². The molecule has 3 atom stereocenters. The molecule has 114 valence electrons. The SMILES string of the molecule is OC[C@H]1O[C@@H](n2cnc3c(C(F)(F)F)ncnc32)C[C@@H]1O. The van der Waals surface area contributed by atoms with Crippen molar-refractivity contribution in [3.63, 3.8) is 0 Å². The van der Waals surface area contributed by atoms with Gasteiger partial charge in [-0.15, -0.1) is 0 Å². The first-order valence-electron chi connectivity index (χ1n) is 6.11. The van der Waals surface area contributed by atoms with Crippen LogP contribution in [0.2, 0.25) is 0 Å². The van der Waals surface area contributed by atoms with Gasteiger partial charge in [-0.1, -0.05) is 0 Å². The van der Waals surface area contributed by atoms with Crippen LogP contribution in [0.1, 0.15) is 18.3 Å². The van der Waals surface area contributed by atoms with Crippen LogP contribution in [0.4, 0.5) is 13.2 Å². The van der Waals surface area contributed by atoms with Gasteiger partial charge in [-0.2, -0.15) is 13.2 Å². The summed E-state index contributed by atoms with van der Waals surface area (Å²) in [6.45, 7) is -0.382. The van der Waals surface area contributed by atoms with Gasteiger partial charge in [0.15, 0.2) is 11.3 Å². The number of rotatable bonds is 2. The molecule has 3 rings (SSSR count). The lowest BCUT2D eigenvalue weighted by Gasteiger charge is -2.13. The predicted octanol–water partition coefficient (Wildman–Crippen LogP) is 0.486. The normalized spacial score (nSPS) is 26.6. The standard InChI is InChI=1S/C11H11F3N4O3/c12-11(13,14)9-8-10(16-3-15-9)18(4-17-8)7-1-5(20)6(2-19)21-7/h3-7,19-20H,1-2H2/t5-,6+,7+/m0/s1. The van der Waals surface area contributed by atoms with Crippen LogP contribution in [0, 0.1) is 0 Å². The average molecular weight is 304 g/mol. The fraction of sp³-hybridized carbons (Fsp3) is 0.545. The maximum absolute atomic E-state index is 12.8. The molecule has 1 aliphatic rings. The second kappa shape index (κ2) is 4.90. The molecule has 7 nitrogen and oxygen atoms in total. The molecular weight excluding hydrogens is 293 g/mol. The molecule has 10 heteroatoms. The van der Waals surface area contributed by atoms with Crippen LogP contribution < -0.4 is 0 Å². The first-order chi connectivity index (χ1) is 9.91. The summed E-state index contributed by atoms with van der Waals surface area (Å²) in [5.74, 6) is 0. The second-order valence-electron chi connectivity index (χ2n) is 4.66. The number of halogens is 3. The number of imidazole rings is 1. The largest absolute Gasteiger partial charge is 0.435 e. The highest BCUT2D eigenvalue weighted by atomic mass is 19.4. The Balaban J connectivity index is 2.02. The Morgan fingerprint density at radius 2 is 2.10 bits per heavy atom. The minimum absolute atomic E-state index is 0.0342. The summed E-state index contributed by atoms with van der Waals surface area (Å²) in [6.07, 6.45) is -4.97. The molecule has 0 saturated carbocycles. The lowest BCUT2D eigenvalue weighted by atomic mass is 10.2. The fourth-order valence-corrected chi connectivity index (χ4v) is 2.32. The van der Waals surface area contributed by atoms with Crippen LogP contribution in [-0.2, 0) is 10.9 Å². The number of ether oxygens (including phenoxy) is 1. The van der Waals surface area contributed by atoms with Gasteiger partial charge in [0.05, 0.1) is 19.0 Å². The highest BCUT2D eigenvalue weighted by Gasteiger charge is 2.38. The summed E-state index contributed by atoms with van der Waals surface area (Å²) < 4.78 is 45.2. The number of hydrogen-bond donors (Lipinski definition) is 2. The van der Waals surface area contributed by atoms with E-state index >= 15 is 0 Å². The number of aromatic nitrogens is 4. The van der Waals surface area contributed by atoms with Gasteiger partial charge in [0.25, 0.3) is 0 Å². The van der Waals surface area contributed by atoms with Gasteiger partial charge in [0.2, 0.25) is 0 Å². The molecule has 0 bridgehead atoms. The lowest BCUT2D eigenvalue weighted by molar-refractivity contribution is -0.140. The van der Waals surface area contributed by atoms with E-state index in [9.17, 15) is 18.3 Å². The third kappa shape index (κ3) is 2.34. The molecule has 3 heterocycles. The van der Waals surface area contributed by atoms with E-state index in [0.717, 1.165) is 12.7 Å². The zero-order valence-corrected chi connectivity index (χ0v) is 10.5. The van der Waals surface area contributed by atoms with Crippen LogP contribution in [0.3, 0.4) is 0 Å². The Morgan fingerprint density at radius 3 is 2.71 bits per heavy atom. The highest BCUT2D eigenvalue weighted by Crippen LogP contribution is 2.34. The van der Waals surface area contributed by atoms with Crippen molar-refractivity contribution in [2.75, 3.05) is 6.61 Å². The van der Waals surface area contributed by atoms with Gasteiger partial charge in [-0.3, -0.25) is 4.57 Å². The van der Waals surface area contributed by atoms with Crippen LogP contribution in [-0.4, -0.2) is 48.5 Å². The Morgan fingerprint density at radius 1 is 1.33 bits per heavy atom. The summed E-state index contributed by atoms with van der Waals surface area (Å²) in [5.41, 5.74) is -1.54. The first kappa shape index (κ1) is 14.2. The van der Waals surface area contributed by atoms with Gasteiger partial charge in [-0.25, -0.2) is 15.0 Å². The molecule has 0 aromatic carbocycles. The summed E-state index contributed by atoms with van der Waals surface area (Å²) in [6, 6.07) is 0. The third-order valence-corrected chi connectivity index (χ3v) is 3.32. The molecule has 0 unspecified atom stereocenters. The molecule has 21 heavy (non-hydrogen) atoms. The number of nitrogens with zero attached hydrogens (tertiary/aromatic N) is 4. The van der Waals surface area contributed by atoms with E-state index in [1.165, 1.54) is 4.57 Å². The number of fused-ring (bicyclic) bond motifs is 1. The summed E-state index contributed by atoms with van der Waals surface area (Å²) >= 11 is 0. The van der Waals surface area contributed by atoms with Crippen LogP contribution in [0.15, 0.2) is 12.7 Å². The van der Waals surface area contributed by atoms with E-state index < -0.39 is 30.3 Å². The van der Waals surface area contributed by atoms with Gasteiger partial charge in [-0.05, 0) is 0 Å². The minimum atomic E-state index is -4.63. The molecule has 2 aromatic rings. The third-order valence-electron chi connectivity index (χ3n) is 3.32. The molecule has 0 amide bonds. The molecule has 0 spiro atoms. The van der Waals surface area contributed by atoms with Crippen molar-refractivity contribution >= 4 is 11.2 Å². The molecule has 1 saturated heterocycles. The first-order valence-corrected chi connectivity index (χ1v) is 6.11. The molecular formula is C11H11F3N4O3. The number of hydrogen-bond acceptors (Lipinski definition) is 6. The molecule has 2 aromatic heterocycles. The van der Waals surface area contributed by atoms with Crippen molar-refractivity contribution in [3.8, 4) is 0 Å². The Hall–Kier alpha value is -1.78. The lowest BCUT2D eigenvalue weighted by Crippen LogP contribution is -2.24. The minimum Gasteiger partial charge on any atom is -0.394 e. The predicted molar refractivity (Wildman–Crippen MR) is 61.9 cm³/mol. The maximum atomic E-state index is 12.8. The number of alkyl halides is 3. The smallest absolute Gasteiger partial charge is 0.394 e. The second-order valence-corrected chi connectivity index (χ2v) is 4.66. The molecule has 0 radical (unpaired) electrons. The molecule has 2 N–H and O–H groups in total. The van der Waals surface area contributed by atoms with Crippen molar-refractivity contribution in [1.29, 1.82) is 0 Å². The van der Waals surface area contributed by atoms with E-state index in [0.29, 0.717) is 0 Å². The molecule has 1 aliphatic heterocycles. The van der Waals surface area contributed by atoms with Crippen LogP contribution in [0.25, 0.3) is 11.2 Å². The van der Waals surface area contributed by atoms with Crippen LogP contribution >= 0.6 is 0 Å². The van der Waals surface area contributed by atoms with Crippen LogP contribution in [0.5, 0.6) is 0 Å². The molecule has 0 aliphatic carbocycles. The van der Waals surface area contributed by atoms with E-state index in [4.69, 9.17) is 9.84 Å². The Kier molecular flexibility index (Phi) is 3.30. The van der Waals surface area contributed by atoms with E-state index in [2.05, 4.69) is 15.0 Å². The summed E-state index contributed by atoms with van der Waals surface area (Å²) in [4.78, 5) is 10.7. The fourth-order valence-electron chi connectivity index (χ4n) is 2.32. The topological polar surface area (TPSA) is 93.3 Å². The summed E-state index contributed by atoms with van der Waals surface area (Å²) in [7, 11) is 0. The number of aliphatic hydroxyl groups is 2. The maximum Gasteiger partial charge on any atom is 0.435 e. The Bertz CT molecular complexity index is 660. The highest BCUT2D eigenvalue weighted by molar-refractivity contribution is 5.73. The van der Waals surface area contributed by atoms with Crippen molar-refractivity contribution in [1.82, 2.24) is 19.5 Å².